The average molecular weight is 213 g/mol. The van der Waals surface area contributed by atoms with Crippen molar-refractivity contribution in [2.24, 2.45) is 5.41 Å². The van der Waals surface area contributed by atoms with Crippen molar-refractivity contribution in [3.05, 3.63) is 0 Å². The summed E-state index contributed by atoms with van der Waals surface area (Å²) in [6.07, 6.45) is 7.10. The van der Waals surface area contributed by atoms with Crippen LogP contribution in [0.5, 0.6) is 0 Å². The highest BCUT2D eigenvalue weighted by Gasteiger charge is 2.35. The molecule has 1 fully saturated rings. The van der Waals surface area contributed by atoms with Gasteiger partial charge in [-0.25, -0.2) is 0 Å². The van der Waals surface area contributed by atoms with E-state index in [1.807, 2.05) is 6.92 Å². The molecule has 0 amide bonds. The van der Waals surface area contributed by atoms with Gasteiger partial charge >= 0.3 is 0 Å². The minimum atomic E-state index is -0.271. The lowest BCUT2D eigenvalue weighted by molar-refractivity contribution is -0.0445. The minimum absolute atomic E-state index is 0.271. The molecule has 2 heteroatoms. The first-order chi connectivity index (χ1) is 6.99. The van der Waals surface area contributed by atoms with Crippen LogP contribution in [0.2, 0.25) is 0 Å². The highest BCUT2D eigenvalue weighted by molar-refractivity contribution is 4.87. The maximum absolute atomic E-state index is 9.93. The van der Waals surface area contributed by atoms with Gasteiger partial charge in [-0.15, -0.1) is 0 Å². The summed E-state index contributed by atoms with van der Waals surface area (Å²) in [5, 5.41) is 9.93. The Morgan fingerprint density at radius 1 is 1.33 bits per heavy atom. The van der Waals surface area contributed by atoms with Gasteiger partial charge in [0, 0.05) is 6.04 Å². The highest BCUT2D eigenvalue weighted by atomic mass is 16.3. The molecule has 15 heavy (non-hydrogen) atoms. The molecule has 1 saturated carbocycles. The van der Waals surface area contributed by atoms with Crippen molar-refractivity contribution < 1.29 is 5.11 Å². The highest BCUT2D eigenvalue weighted by Crippen LogP contribution is 2.37. The summed E-state index contributed by atoms with van der Waals surface area (Å²) in [6, 6.07) is 0.537. The lowest BCUT2D eigenvalue weighted by Gasteiger charge is -2.41. The first-order valence-electron chi connectivity index (χ1n) is 6.39. The fourth-order valence-corrected chi connectivity index (χ4v) is 2.90. The lowest BCUT2D eigenvalue weighted by Crippen LogP contribution is -2.47. The Hall–Kier alpha value is -0.0800. The van der Waals surface area contributed by atoms with E-state index >= 15 is 0 Å². The Morgan fingerprint density at radius 3 is 2.60 bits per heavy atom. The van der Waals surface area contributed by atoms with E-state index in [4.69, 9.17) is 0 Å². The Labute approximate surface area is 94.7 Å². The lowest BCUT2D eigenvalue weighted by atomic mass is 9.79. The number of nitrogens with zero attached hydrogens (tertiary/aromatic N) is 1. The van der Waals surface area contributed by atoms with Crippen LogP contribution >= 0.6 is 0 Å². The van der Waals surface area contributed by atoms with Crippen LogP contribution in [0.4, 0.5) is 0 Å². The molecule has 1 aliphatic carbocycles. The molecule has 0 aromatic carbocycles. The molecule has 2 nitrogen and oxygen atoms in total. The molecule has 2 unspecified atom stereocenters. The van der Waals surface area contributed by atoms with Crippen molar-refractivity contribution in [2.75, 3.05) is 7.05 Å². The fraction of sp³-hybridized carbons (Fsp3) is 1.00. The molecular formula is C13H27NO. The van der Waals surface area contributed by atoms with Crippen LogP contribution in [-0.4, -0.2) is 29.3 Å². The summed E-state index contributed by atoms with van der Waals surface area (Å²) in [4.78, 5) is 2.19. The molecule has 0 saturated heterocycles. The van der Waals surface area contributed by atoms with Gasteiger partial charge in [-0.2, -0.15) is 0 Å². The second-order valence-corrected chi connectivity index (χ2v) is 5.66. The first kappa shape index (κ1) is 13.0. The third kappa shape index (κ3) is 3.18. The molecule has 0 bridgehead atoms. The molecular weight excluding hydrogens is 186 g/mol. The number of aliphatic hydroxyl groups excluding tert-OH is 1. The van der Waals surface area contributed by atoms with Crippen LogP contribution in [0.25, 0.3) is 0 Å². The van der Waals surface area contributed by atoms with E-state index in [0.29, 0.717) is 11.5 Å². The monoisotopic (exact) mass is 213 g/mol. The van der Waals surface area contributed by atoms with Crippen LogP contribution in [0.3, 0.4) is 0 Å². The standard InChI is InChI=1S/C13H27NO/c1-5-12(15)14(4)11-9-7-6-8-10-13(11,2)3/h11-12,15H,5-10H2,1-4H3. The Kier molecular flexibility index (Phi) is 4.60. The van der Waals surface area contributed by atoms with E-state index in [1.165, 1.54) is 32.1 Å². The van der Waals surface area contributed by atoms with Crippen LogP contribution in [0.1, 0.15) is 59.3 Å². The topological polar surface area (TPSA) is 23.5 Å². The fourth-order valence-electron chi connectivity index (χ4n) is 2.90. The van der Waals surface area contributed by atoms with E-state index < -0.39 is 0 Å². The van der Waals surface area contributed by atoms with Gasteiger partial charge in [-0.3, -0.25) is 4.90 Å². The second-order valence-electron chi connectivity index (χ2n) is 5.66. The molecule has 0 spiro atoms. The summed E-state index contributed by atoms with van der Waals surface area (Å²) < 4.78 is 0. The van der Waals surface area contributed by atoms with Gasteiger partial charge in [0.25, 0.3) is 0 Å². The van der Waals surface area contributed by atoms with Gasteiger partial charge in [0.05, 0.1) is 0 Å². The second kappa shape index (κ2) is 5.31. The Morgan fingerprint density at radius 2 is 2.00 bits per heavy atom. The van der Waals surface area contributed by atoms with E-state index in [0.717, 1.165) is 6.42 Å². The third-order valence-electron chi connectivity index (χ3n) is 4.03. The molecule has 2 atom stereocenters. The molecule has 90 valence electrons. The Balaban J connectivity index is 2.70. The van der Waals surface area contributed by atoms with Crippen molar-refractivity contribution in [1.29, 1.82) is 0 Å². The molecule has 1 N–H and O–H groups in total. The van der Waals surface area contributed by atoms with Crippen molar-refractivity contribution in [1.82, 2.24) is 4.90 Å². The van der Waals surface area contributed by atoms with Crippen molar-refractivity contribution in [3.8, 4) is 0 Å². The van der Waals surface area contributed by atoms with Crippen molar-refractivity contribution >= 4 is 0 Å². The van der Waals surface area contributed by atoms with Gasteiger partial charge in [0.15, 0.2) is 0 Å². The van der Waals surface area contributed by atoms with E-state index in [1.54, 1.807) is 0 Å². The first-order valence-corrected chi connectivity index (χ1v) is 6.39. The largest absolute Gasteiger partial charge is 0.378 e. The number of hydrogen-bond donors (Lipinski definition) is 1. The third-order valence-corrected chi connectivity index (χ3v) is 4.03. The number of aliphatic hydroxyl groups is 1. The van der Waals surface area contributed by atoms with Crippen molar-refractivity contribution in [3.63, 3.8) is 0 Å². The SMILES string of the molecule is CCC(O)N(C)C1CCCCCC1(C)C. The smallest absolute Gasteiger partial charge is 0.107 e. The van der Waals surface area contributed by atoms with Crippen LogP contribution in [0.15, 0.2) is 0 Å². The zero-order chi connectivity index (χ0) is 11.5. The minimum Gasteiger partial charge on any atom is -0.378 e. The van der Waals surface area contributed by atoms with E-state index in [-0.39, 0.29) is 6.23 Å². The molecule has 0 heterocycles. The van der Waals surface area contributed by atoms with Gasteiger partial charge in [-0.1, -0.05) is 40.0 Å². The normalized spacial score (nSPS) is 28.8. The summed E-state index contributed by atoms with van der Waals surface area (Å²) in [5.41, 5.74) is 0.349. The summed E-state index contributed by atoms with van der Waals surface area (Å²) in [7, 11) is 2.08. The maximum Gasteiger partial charge on any atom is 0.107 e. The predicted molar refractivity (Wildman–Crippen MR) is 64.7 cm³/mol. The number of hydrogen-bond acceptors (Lipinski definition) is 2. The average Bonchev–Trinajstić information content (AvgIpc) is 2.36. The Bertz CT molecular complexity index is 191. The zero-order valence-corrected chi connectivity index (χ0v) is 10.8. The molecule has 0 radical (unpaired) electrons. The summed E-state index contributed by atoms with van der Waals surface area (Å²) in [6.45, 7) is 6.74. The van der Waals surface area contributed by atoms with Crippen LogP contribution in [0, 0.1) is 5.41 Å². The van der Waals surface area contributed by atoms with Gasteiger partial charge < -0.3 is 5.11 Å². The zero-order valence-electron chi connectivity index (χ0n) is 10.8. The number of rotatable bonds is 3. The summed E-state index contributed by atoms with van der Waals surface area (Å²) in [5.74, 6) is 0. The van der Waals surface area contributed by atoms with Gasteiger partial charge in [-0.05, 0) is 31.7 Å². The molecule has 0 aromatic rings. The van der Waals surface area contributed by atoms with Crippen LogP contribution in [-0.2, 0) is 0 Å². The summed E-state index contributed by atoms with van der Waals surface area (Å²) >= 11 is 0. The maximum atomic E-state index is 9.93. The molecule has 1 aliphatic rings. The predicted octanol–water partition coefficient (Wildman–Crippen LogP) is 3.01. The molecule has 0 aliphatic heterocycles. The van der Waals surface area contributed by atoms with Crippen LogP contribution < -0.4 is 0 Å². The van der Waals surface area contributed by atoms with Crippen molar-refractivity contribution in [2.45, 2.75) is 71.6 Å². The quantitative estimate of drug-likeness (QED) is 0.575. The molecule has 1 rings (SSSR count). The van der Waals surface area contributed by atoms with E-state index in [2.05, 4.69) is 25.8 Å². The van der Waals surface area contributed by atoms with Gasteiger partial charge in [0.2, 0.25) is 0 Å². The van der Waals surface area contributed by atoms with Gasteiger partial charge in [0.1, 0.15) is 6.23 Å². The van der Waals surface area contributed by atoms with E-state index in [9.17, 15) is 5.11 Å². The molecule has 0 aromatic heterocycles.